The first-order chi connectivity index (χ1) is 10.7. The monoisotopic (exact) mass is 318 g/mol. The Morgan fingerprint density at radius 3 is 2.59 bits per heavy atom. The second-order valence-electron chi connectivity index (χ2n) is 4.98. The molecule has 116 valence electrons. The van der Waals surface area contributed by atoms with Gasteiger partial charge < -0.3 is 10.4 Å². The van der Waals surface area contributed by atoms with Crippen LogP contribution in [0.3, 0.4) is 0 Å². The summed E-state index contributed by atoms with van der Waals surface area (Å²) in [5.74, 6) is -0.110. The van der Waals surface area contributed by atoms with Crippen molar-refractivity contribution in [2.24, 2.45) is 0 Å². The summed E-state index contributed by atoms with van der Waals surface area (Å²) in [7, 11) is 0. The van der Waals surface area contributed by atoms with Gasteiger partial charge in [0.05, 0.1) is 13.2 Å². The van der Waals surface area contributed by atoms with Crippen molar-refractivity contribution in [3.05, 3.63) is 65.2 Å². The van der Waals surface area contributed by atoms with E-state index in [-0.39, 0.29) is 19.1 Å². The van der Waals surface area contributed by atoms with Crippen molar-refractivity contribution in [3.63, 3.8) is 0 Å². The summed E-state index contributed by atoms with van der Waals surface area (Å²) in [5, 5.41) is 12.7. The van der Waals surface area contributed by atoms with Gasteiger partial charge in [-0.1, -0.05) is 41.9 Å². The number of rotatable bonds is 7. The fourth-order valence-corrected chi connectivity index (χ4v) is 2.39. The molecule has 1 amide bonds. The van der Waals surface area contributed by atoms with Gasteiger partial charge in [0.2, 0.25) is 5.91 Å². The van der Waals surface area contributed by atoms with Crippen molar-refractivity contribution in [2.45, 2.75) is 6.54 Å². The van der Waals surface area contributed by atoms with Crippen LogP contribution in [0.4, 0.5) is 5.69 Å². The molecule has 2 rings (SSSR count). The molecule has 2 aromatic rings. The van der Waals surface area contributed by atoms with Gasteiger partial charge >= 0.3 is 0 Å². The smallest absolute Gasteiger partial charge is 0.238 e. The number of halogens is 1. The molecule has 0 aliphatic heterocycles. The first-order valence-corrected chi connectivity index (χ1v) is 7.48. The number of hydrogen-bond donors (Lipinski definition) is 2. The van der Waals surface area contributed by atoms with Crippen LogP contribution in [0.15, 0.2) is 54.6 Å². The number of nitrogens with zero attached hydrogens (tertiary/aromatic N) is 1. The molecule has 0 radical (unpaired) electrons. The van der Waals surface area contributed by atoms with E-state index in [4.69, 9.17) is 11.6 Å². The van der Waals surface area contributed by atoms with Gasteiger partial charge in [0.25, 0.3) is 0 Å². The summed E-state index contributed by atoms with van der Waals surface area (Å²) in [4.78, 5) is 14.0. The molecule has 0 spiro atoms. The second-order valence-corrected chi connectivity index (χ2v) is 5.41. The normalized spacial score (nSPS) is 10.7. The lowest BCUT2D eigenvalue weighted by molar-refractivity contribution is -0.117. The van der Waals surface area contributed by atoms with Gasteiger partial charge in [0.1, 0.15) is 0 Å². The predicted octanol–water partition coefficient (Wildman–Crippen LogP) is 2.77. The number of hydrogen-bond acceptors (Lipinski definition) is 3. The summed E-state index contributed by atoms with van der Waals surface area (Å²) in [6.45, 7) is 1.19. The second kappa shape index (κ2) is 8.54. The van der Waals surface area contributed by atoms with E-state index in [0.717, 1.165) is 11.3 Å². The van der Waals surface area contributed by atoms with Gasteiger partial charge in [-0.3, -0.25) is 9.69 Å². The quantitative estimate of drug-likeness (QED) is 0.825. The van der Waals surface area contributed by atoms with Gasteiger partial charge in [-0.2, -0.15) is 0 Å². The summed E-state index contributed by atoms with van der Waals surface area (Å²) < 4.78 is 0. The fourth-order valence-electron chi connectivity index (χ4n) is 2.17. The first-order valence-electron chi connectivity index (χ1n) is 7.10. The van der Waals surface area contributed by atoms with E-state index in [1.807, 2.05) is 59.5 Å². The highest BCUT2D eigenvalue weighted by atomic mass is 35.5. The van der Waals surface area contributed by atoms with Crippen LogP contribution in [-0.2, 0) is 11.3 Å². The summed E-state index contributed by atoms with van der Waals surface area (Å²) >= 11 is 5.97. The third-order valence-electron chi connectivity index (χ3n) is 3.14. The van der Waals surface area contributed by atoms with E-state index < -0.39 is 0 Å². The Balaban J connectivity index is 1.94. The summed E-state index contributed by atoms with van der Waals surface area (Å²) in [6.07, 6.45) is 0. The predicted molar refractivity (Wildman–Crippen MR) is 88.9 cm³/mol. The average molecular weight is 319 g/mol. The van der Waals surface area contributed by atoms with Crippen molar-refractivity contribution in [2.75, 3.05) is 25.0 Å². The zero-order valence-corrected chi connectivity index (χ0v) is 13.0. The molecule has 0 unspecified atom stereocenters. The topological polar surface area (TPSA) is 52.6 Å². The first kappa shape index (κ1) is 16.5. The minimum absolute atomic E-state index is 0.000811. The molecule has 0 aliphatic carbocycles. The number of para-hydroxylation sites is 1. The molecule has 0 fully saturated rings. The molecule has 0 aliphatic rings. The zero-order valence-electron chi connectivity index (χ0n) is 12.2. The lowest BCUT2D eigenvalue weighted by atomic mass is 10.2. The van der Waals surface area contributed by atoms with Crippen molar-refractivity contribution in [3.8, 4) is 0 Å². The minimum Gasteiger partial charge on any atom is -0.395 e. The number of aliphatic hydroxyl groups excluding tert-OH is 1. The largest absolute Gasteiger partial charge is 0.395 e. The SMILES string of the molecule is O=C(CN(CCO)Cc1cccc(Cl)c1)Nc1ccccc1. The lowest BCUT2D eigenvalue weighted by Crippen LogP contribution is -2.34. The highest BCUT2D eigenvalue weighted by molar-refractivity contribution is 6.30. The lowest BCUT2D eigenvalue weighted by Gasteiger charge is -2.21. The molecule has 2 N–H and O–H groups in total. The molecule has 4 nitrogen and oxygen atoms in total. The molecular formula is C17H19ClN2O2. The summed E-state index contributed by atoms with van der Waals surface area (Å²) in [5.41, 5.74) is 1.77. The van der Waals surface area contributed by atoms with Crippen LogP contribution >= 0.6 is 11.6 Å². The highest BCUT2D eigenvalue weighted by Crippen LogP contribution is 2.13. The van der Waals surface area contributed by atoms with Crippen LogP contribution in [0.2, 0.25) is 5.02 Å². The third-order valence-corrected chi connectivity index (χ3v) is 3.37. The van der Waals surface area contributed by atoms with E-state index in [0.29, 0.717) is 18.1 Å². The van der Waals surface area contributed by atoms with E-state index in [2.05, 4.69) is 5.32 Å². The molecule has 2 aromatic carbocycles. The fraction of sp³-hybridized carbons (Fsp3) is 0.235. The van der Waals surface area contributed by atoms with Crippen molar-refractivity contribution in [1.29, 1.82) is 0 Å². The maximum Gasteiger partial charge on any atom is 0.238 e. The molecule has 22 heavy (non-hydrogen) atoms. The molecular weight excluding hydrogens is 300 g/mol. The average Bonchev–Trinajstić information content (AvgIpc) is 2.48. The molecule has 0 saturated carbocycles. The van der Waals surface area contributed by atoms with Crippen molar-refractivity contribution >= 4 is 23.2 Å². The molecule has 0 aromatic heterocycles. The van der Waals surface area contributed by atoms with Gasteiger partial charge in [0, 0.05) is 23.8 Å². The number of anilines is 1. The van der Waals surface area contributed by atoms with Gasteiger partial charge in [0.15, 0.2) is 0 Å². The highest BCUT2D eigenvalue weighted by Gasteiger charge is 2.11. The number of benzene rings is 2. The molecule has 0 saturated heterocycles. The zero-order chi connectivity index (χ0) is 15.8. The van der Waals surface area contributed by atoms with Gasteiger partial charge in [-0.05, 0) is 29.8 Å². The molecule has 5 heteroatoms. The maximum atomic E-state index is 12.1. The van der Waals surface area contributed by atoms with Crippen molar-refractivity contribution < 1.29 is 9.90 Å². The number of carbonyl (C=O) groups excluding carboxylic acids is 1. The number of carbonyl (C=O) groups is 1. The van der Waals surface area contributed by atoms with Crippen LogP contribution in [0.25, 0.3) is 0 Å². The third kappa shape index (κ3) is 5.48. The minimum atomic E-state index is -0.110. The standard InChI is InChI=1S/C17H19ClN2O2/c18-15-6-4-5-14(11-15)12-20(9-10-21)13-17(22)19-16-7-2-1-3-8-16/h1-8,11,21H,9-10,12-13H2,(H,19,22). The van der Waals surface area contributed by atoms with Gasteiger partial charge in [-0.25, -0.2) is 0 Å². The molecule has 0 heterocycles. The number of amides is 1. The van der Waals surface area contributed by atoms with Gasteiger partial charge in [-0.15, -0.1) is 0 Å². The van der Waals surface area contributed by atoms with Crippen molar-refractivity contribution in [1.82, 2.24) is 4.90 Å². The number of nitrogens with one attached hydrogen (secondary N) is 1. The Hall–Kier alpha value is -1.88. The van der Waals surface area contributed by atoms with E-state index in [9.17, 15) is 9.90 Å². The van der Waals surface area contributed by atoms with E-state index >= 15 is 0 Å². The van der Waals surface area contributed by atoms with Crippen LogP contribution in [-0.4, -0.2) is 35.6 Å². The van der Waals surface area contributed by atoms with Crippen LogP contribution in [0.5, 0.6) is 0 Å². The van der Waals surface area contributed by atoms with Crippen LogP contribution in [0.1, 0.15) is 5.56 Å². The molecule has 0 bridgehead atoms. The Bertz CT molecular complexity index is 605. The van der Waals surface area contributed by atoms with E-state index in [1.54, 1.807) is 0 Å². The maximum absolute atomic E-state index is 12.1. The van der Waals surface area contributed by atoms with Crippen LogP contribution in [0, 0.1) is 0 Å². The number of aliphatic hydroxyl groups is 1. The molecule has 0 atom stereocenters. The Labute approximate surface area is 135 Å². The Morgan fingerprint density at radius 2 is 1.91 bits per heavy atom. The van der Waals surface area contributed by atoms with Crippen LogP contribution < -0.4 is 5.32 Å². The summed E-state index contributed by atoms with van der Waals surface area (Å²) in [6, 6.07) is 16.8. The Kier molecular flexibility index (Phi) is 6.40. The Morgan fingerprint density at radius 1 is 1.14 bits per heavy atom. The van der Waals surface area contributed by atoms with E-state index in [1.165, 1.54) is 0 Å².